The molecule has 7 rings (SSSR count). The van der Waals surface area contributed by atoms with Gasteiger partial charge in [0.1, 0.15) is 11.5 Å². The number of carbonyl (C=O) groups is 2. The van der Waals surface area contributed by atoms with Crippen molar-refractivity contribution in [2.24, 2.45) is 0 Å². The molecule has 0 bridgehead atoms. The van der Waals surface area contributed by atoms with Crippen molar-refractivity contribution < 1.29 is 33.0 Å². The van der Waals surface area contributed by atoms with E-state index >= 15 is 0 Å². The third kappa shape index (κ3) is 6.66. The van der Waals surface area contributed by atoms with Crippen LogP contribution in [0.2, 0.25) is 0 Å². The Morgan fingerprint density at radius 3 is 2.42 bits per heavy atom. The maximum Gasteiger partial charge on any atom is 0.224 e. The van der Waals surface area contributed by atoms with Gasteiger partial charge in [-0.3, -0.25) is 14.4 Å². The van der Waals surface area contributed by atoms with E-state index in [9.17, 15) is 14.4 Å². The average molecular weight is 716 g/mol. The van der Waals surface area contributed by atoms with E-state index < -0.39 is 6.04 Å². The van der Waals surface area contributed by atoms with Gasteiger partial charge >= 0.3 is 0 Å². The van der Waals surface area contributed by atoms with Crippen molar-refractivity contribution in [3.8, 4) is 45.4 Å². The van der Waals surface area contributed by atoms with Crippen molar-refractivity contribution in [3.05, 3.63) is 105 Å². The molecule has 11 nitrogen and oxygen atoms in total. The number of aryl methyl sites for hydroxylation is 1. The molecule has 0 saturated heterocycles. The molecule has 1 aliphatic carbocycles. The van der Waals surface area contributed by atoms with Gasteiger partial charge in [0.05, 0.1) is 40.9 Å². The van der Waals surface area contributed by atoms with Crippen LogP contribution in [0, 0.1) is 0 Å². The van der Waals surface area contributed by atoms with Crippen molar-refractivity contribution in [2.45, 2.75) is 38.6 Å². The Morgan fingerprint density at radius 1 is 0.906 bits per heavy atom. The van der Waals surface area contributed by atoms with E-state index in [0.29, 0.717) is 76.5 Å². The minimum atomic E-state index is -0.495. The SMILES string of the molecule is COc1ccc2[nH]cc(CCNC(=O)Cc3c(-c4ccccc4)oc4c(=O)cc5c(cc34)-c3c(cc(OC)c(OC)c3OC)CC[C@@H]5NC(C)=O)c2c1. The Hall–Kier alpha value is -6.23. The molecule has 11 heteroatoms. The summed E-state index contributed by atoms with van der Waals surface area (Å²) in [6, 6.07) is 20.1. The van der Waals surface area contributed by atoms with Gasteiger partial charge in [-0.25, -0.2) is 0 Å². The number of hydrogen-bond donors (Lipinski definition) is 3. The van der Waals surface area contributed by atoms with Crippen molar-refractivity contribution in [1.29, 1.82) is 0 Å². The van der Waals surface area contributed by atoms with Crippen LogP contribution >= 0.6 is 0 Å². The number of rotatable bonds is 11. The summed E-state index contributed by atoms with van der Waals surface area (Å²) in [6.45, 7) is 1.84. The van der Waals surface area contributed by atoms with E-state index in [1.165, 1.54) is 20.1 Å². The highest BCUT2D eigenvalue weighted by molar-refractivity contribution is 5.96. The molecular weight excluding hydrogens is 674 g/mol. The lowest BCUT2D eigenvalue weighted by Crippen LogP contribution is -2.27. The van der Waals surface area contributed by atoms with Crippen molar-refractivity contribution in [2.75, 3.05) is 35.0 Å². The first-order valence-corrected chi connectivity index (χ1v) is 17.4. The molecule has 2 aromatic heterocycles. The second kappa shape index (κ2) is 14.8. The van der Waals surface area contributed by atoms with Gasteiger partial charge in [-0.15, -0.1) is 0 Å². The summed E-state index contributed by atoms with van der Waals surface area (Å²) < 4.78 is 29.3. The highest BCUT2D eigenvalue weighted by Gasteiger charge is 2.31. The molecule has 0 aliphatic heterocycles. The zero-order valence-corrected chi connectivity index (χ0v) is 30.3. The number of nitrogens with one attached hydrogen (secondary N) is 3. The lowest BCUT2D eigenvalue weighted by atomic mass is 9.94. The number of aromatic nitrogens is 1. The van der Waals surface area contributed by atoms with Gasteiger partial charge in [-0.2, -0.15) is 0 Å². The molecular formula is C42H41N3O8. The number of hydrogen-bond acceptors (Lipinski definition) is 8. The van der Waals surface area contributed by atoms with Crippen LogP contribution in [0.4, 0.5) is 0 Å². The maximum atomic E-state index is 14.2. The predicted octanol–water partition coefficient (Wildman–Crippen LogP) is 6.67. The second-order valence-corrected chi connectivity index (χ2v) is 13.0. The molecule has 0 unspecified atom stereocenters. The molecule has 0 saturated carbocycles. The lowest BCUT2D eigenvalue weighted by Gasteiger charge is -2.20. The molecule has 272 valence electrons. The van der Waals surface area contributed by atoms with Gasteiger partial charge in [0.25, 0.3) is 0 Å². The Bertz CT molecular complexity index is 2410. The van der Waals surface area contributed by atoms with Crippen molar-refractivity contribution in [3.63, 3.8) is 0 Å². The van der Waals surface area contributed by atoms with Crippen LogP contribution in [-0.2, 0) is 28.9 Å². The van der Waals surface area contributed by atoms with Gasteiger partial charge in [0.15, 0.2) is 17.1 Å². The third-order valence-electron chi connectivity index (χ3n) is 9.86. The molecule has 0 spiro atoms. The monoisotopic (exact) mass is 715 g/mol. The highest BCUT2D eigenvalue weighted by atomic mass is 16.5. The predicted molar refractivity (Wildman–Crippen MR) is 203 cm³/mol. The molecule has 4 aromatic carbocycles. The normalized spacial score (nSPS) is 13.5. The Morgan fingerprint density at radius 2 is 1.70 bits per heavy atom. The topological polar surface area (TPSA) is 141 Å². The molecule has 0 fully saturated rings. The molecule has 1 atom stereocenters. The minimum Gasteiger partial charge on any atom is -0.497 e. The summed E-state index contributed by atoms with van der Waals surface area (Å²) in [5, 5.41) is 7.64. The smallest absolute Gasteiger partial charge is 0.224 e. The average Bonchev–Trinajstić information content (AvgIpc) is 3.65. The zero-order chi connectivity index (χ0) is 37.2. The molecule has 2 amide bonds. The summed E-state index contributed by atoms with van der Waals surface area (Å²) in [7, 11) is 6.29. The summed E-state index contributed by atoms with van der Waals surface area (Å²) in [5.74, 6) is 2.06. The molecule has 53 heavy (non-hydrogen) atoms. The van der Waals surface area contributed by atoms with E-state index in [1.54, 1.807) is 21.3 Å². The number of aromatic amines is 1. The second-order valence-electron chi connectivity index (χ2n) is 13.0. The molecule has 3 N–H and O–H groups in total. The van der Waals surface area contributed by atoms with Gasteiger partial charge in [0, 0.05) is 52.6 Å². The van der Waals surface area contributed by atoms with E-state index in [4.69, 9.17) is 23.4 Å². The van der Waals surface area contributed by atoms with Gasteiger partial charge in [-0.1, -0.05) is 30.3 Å². The van der Waals surface area contributed by atoms with Crippen LogP contribution in [0.15, 0.2) is 82.1 Å². The Balaban J connectivity index is 1.36. The van der Waals surface area contributed by atoms with E-state index in [1.807, 2.05) is 66.9 Å². The highest BCUT2D eigenvalue weighted by Crippen LogP contribution is 2.51. The summed E-state index contributed by atoms with van der Waals surface area (Å²) in [5.41, 5.74) is 5.92. The van der Waals surface area contributed by atoms with Crippen LogP contribution in [0.3, 0.4) is 0 Å². The number of carbonyl (C=O) groups excluding carboxylic acids is 2. The summed E-state index contributed by atoms with van der Waals surface area (Å²) >= 11 is 0. The van der Waals surface area contributed by atoms with Crippen LogP contribution in [0.5, 0.6) is 23.0 Å². The summed E-state index contributed by atoms with van der Waals surface area (Å²) in [6.07, 6.45) is 3.54. The van der Waals surface area contributed by atoms with Crippen LogP contribution in [0.25, 0.3) is 44.3 Å². The zero-order valence-electron chi connectivity index (χ0n) is 30.3. The number of fused-ring (bicyclic) bond motifs is 5. The largest absolute Gasteiger partial charge is 0.497 e. The fourth-order valence-electron chi connectivity index (χ4n) is 7.43. The van der Waals surface area contributed by atoms with Crippen LogP contribution < -0.4 is 35.0 Å². The first-order valence-electron chi connectivity index (χ1n) is 17.4. The number of amides is 2. The molecule has 1 aliphatic rings. The van der Waals surface area contributed by atoms with E-state index in [0.717, 1.165) is 33.3 Å². The van der Waals surface area contributed by atoms with Crippen molar-refractivity contribution in [1.82, 2.24) is 15.6 Å². The molecule has 0 radical (unpaired) electrons. The third-order valence-corrected chi connectivity index (χ3v) is 9.86. The first-order chi connectivity index (χ1) is 25.7. The maximum absolute atomic E-state index is 14.2. The van der Waals surface area contributed by atoms with Gasteiger partial charge in [-0.05, 0) is 77.9 Å². The Labute approximate surface area is 306 Å². The number of H-pyrrole nitrogens is 1. The van der Waals surface area contributed by atoms with Crippen LogP contribution in [0.1, 0.15) is 41.6 Å². The van der Waals surface area contributed by atoms with E-state index in [2.05, 4.69) is 15.6 Å². The quantitative estimate of drug-likeness (QED) is 0.135. The Kier molecular flexibility index (Phi) is 9.82. The first kappa shape index (κ1) is 35.2. The molecule has 6 aromatic rings. The minimum absolute atomic E-state index is 0.0534. The van der Waals surface area contributed by atoms with E-state index in [-0.39, 0.29) is 29.2 Å². The fourth-order valence-corrected chi connectivity index (χ4v) is 7.43. The van der Waals surface area contributed by atoms with Gasteiger partial charge in [0.2, 0.25) is 23.0 Å². The summed E-state index contributed by atoms with van der Waals surface area (Å²) in [4.78, 5) is 43.8. The number of methoxy groups -OCH3 is 4. The van der Waals surface area contributed by atoms with Gasteiger partial charge < -0.3 is 39.0 Å². The number of furan rings is 1. The van der Waals surface area contributed by atoms with Crippen LogP contribution in [-0.4, -0.2) is 51.8 Å². The van der Waals surface area contributed by atoms with Crippen molar-refractivity contribution >= 4 is 33.7 Å². The lowest BCUT2D eigenvalue weighted by molar-refractivity contribution is -0.121. The number of ether oxygens (including phenoxy) is 4. The fraction of sp³-hybridized carbons (Fsp3) is 0.262. The number of benzene rings is 3. The standard InChI is InChI=1S/C42H41N3O8/c1-23(46)45-34-13-11-25-17-36(50-3)41(51-4)42(52-5)38(25)30-19-31-32(39(24-9-7-6-8-10-24)53-40(31)35(47)20-29(30)34)21-37(48)43-16-15-26-22-44-33-14-12-27(49-2)18-28(26)33/h6-10,12,14,17-20,22,34,44H,11,13,15-16,21H2,1-5H3,(H,43,48)(H,45,46)/t34-/m0/s1. The molecule has 2 heterocycles.